The number of likely N-dealkylation sites (tertiary alicyclic amines) is 1. The Bertz CT molecular complexity index is 393. The summed E-state index contributed by atoms with van der Waals surface area (Å²) in [6.45, 7) is 7.08. The Kier molecular flexibility index (Phi) is 4.37. The van der Waals surface area contributed by atoms with E-state index in [0.29, 0.717) is 5.56 Å². The van der Waals surface area contributed by atoms with Gasteiger partial charge in [0.1, 0.15) is 6.10 Å². The lowest BCUT2D eigenvalue weighted by Crippen LogP contribution is -2.31. The molecule has 18 heavy (non-hydrogen) atoms. The Morgan fingerprint density at radius 1 is 1.28 bits per heavy atom. The Morgan fingerprint density at radius 2 is 1.89 bits per heavy atom. The molecule has 0 aromatic heterocycles. The third-order valence-corrected chi connectivity index (χ3v) is 3.31. The smallest absolute Gasteiger partial charge is 0.338 e. The molecular weight excluding hydrogens is 226 g/mol. The molecule has 1 aromatic carbocycles. The van der Waals surface area contributed by atoms with Gasteiger partial charge in [-0.25, -0.2) is 4.79 Å². The van der Waals surface area contributed by atoms with Crippen LogP contribution in [0, 0.1) is 6.92 Å². The monoisotopic (exact) mass is 247 g/mol. The summed E-state index contributed by atoms with van der Waals surface area (Å²) in [6, 6.07) is 7.50. The predicted octanol–water partition coefficient (Wildman–Crippen LogP) is 2.64. The SMILES string of the molecule is Cc1ccc(C(=O)O[C@@H](C)CN2CCCC2)cc1. The molecule has 1 atom stereocenters. The second-order valence-corrected chi connectivity index (χ2v) is 5.09. The maximum absolute atomic E-state index is 11.9. The zero-order valence-corrected chi connectivity index (χ0v) is 11.2. The van der Waals surface area contributed by atoms with Crippen LogP contribution in [0.3, 0.4) is 0 Å². The van der Waals surface area contributed by atoms with Crippen LogP contribution in [0.1, 0.15) is 35.7 Å². The Balaban J connectivity index is 1.84. The second kappa shape index (κ2) is 6.01. The molecule has 0 amide bonds. The van der Waals surface area contributed by atoms with E-state index < -0.39 is 0 Å². The van der Waals surface area contributed by atoms with Gasteiger partial charge in [-0.15, -0.1) is 0 Å². The highest BCUT2D eigenvalue weighted by atomic mass is 16.5. The van der Waals surface area contributed by atoms with Crippen molar-refractivity contribution in [2.75, 3.05) is 19.6 Å². The van der Waals surface area contributed by atoms with Gasteiger partial charge >= 0.3 is 5.97 Å². The van der Waals surface area contributed by atoms with E-state index in [0.717, 1.165) is 25.2 Å². The number of benzene rings is 1. The minimum Gasteiger partial charge on any atom is -0.458 e. The number of nitrogens with zero attached hydrogens (tertiary/aromatic N) is 1. The van der Waals surface area contributed by atoms with E-state index in [9.17, 15) is 4.79 Å². The quantitative estimate of drug-likeness (QED) is 0.766. The van der Waals surface area contributed by atoms with Crippen molar-refractivity contribution in [3.8, 4) is 0 Å². The van der Waals surface area contributed by atoms with Crippen molar-refractivity contribution in [3.63, 3.8) is 0 Å². The van der Waals surface area contributed by atoms with Crippen LogP contribution in [-0.4, -0.2) is 36.6 Å². The van der Waals surface area contributed by atoms with E-state index in [1.165, 1.54) is 12.8 Å². The molecule has 0 saturated carbocycles. The molecule has 0 aliphatic carbocycles. The molecule has 0 unspecified atom stereocenters. The van der Waals surface area contributed by atoms with Gasteiger partial charge in [0.05, 0.1) is 5.56 Å². The zero-order valence-electron chi connectivity index (χ0n) is 11.2. The number of aryl methyl sites for hydroxylation is 1. The van der Waals surface area contributed by atoms with Crippen LogP contribution in [0.15, 0.2) is 24.3 Å². The molecule has 1 aromatic rings. The van der Waals surface area contributed by atoms with E-state index in [1.54, 1.807) is 0 Å². The van der Waals surface area contributed by atoms with Crippen molar-refractivity contribution in [1.29, 1.82) is 0 Å². The number of carbonyl (C=O) groups excluding carboxylic acids is 1. The van der Waals surface area contributed by atoms with Crippen molar-refractivity contribution in [1.82, 2.24) is 4.90 Å². The summed E-state index contributed by atoms with van der Waals surface area (Å²) in [5.74, 6) is -0.221. The average molecular weight is 247 g/mol. The normalized spacial score (nSPS) is 17.7. The molecule has 1 heterocycles. The van der Waals surface area contributed by atoms with Crippen molar-refractivity contribution in [2.45, 2.75) is 32.8 Å². The van der Waals surface area contributed by atoms with Gasteiger partial charge in [0, 0.05) is 6.54 Å². The summed E-state index contributed by atoms with van der Waals surface area (Å²) in [4.78, 5) is 14.3. The van der Waals surface area contributed by atoms with Crippen LogP contribution < -0.4 is 0 Å². The fraction of sp³-hybridized carbons (Fsp3) is 0.533. The Morgan fingerprint density at radius 3 is 2.50 bits per heavy atom. The first-order valence-electron chi connectivity index (χ1n) is 6.65. The first-order valence-corrected chi connectivity index (χ1v) is 6.65. The Hall–Kier alpha value is -1.35. The number of ether oxygens (including phenoxy) is 1. The van der Waals surface area contributed by atoms with Gasteiger partial charge in [-0.1, -0.05) is 17.7 Å². The first-order chi connectivity index (χ1) is 8.65. The predicted molar refractivity (Wildman–Crippen MR) is 71.7 cm³/mol. The summed E-state index contributed by atoms with van der Waals surface area (Å²) >= 11 is 0. The number of esters is 1. The van der Waals surface area contributed by atoms with Gasteiger partial charge < -0.3 is 4.74 Å². The highest BCUT2D eigenvalue weighted by Crippen LogP contribution is 2.11. The maximum atomic E-state index is 11.9. The Labute approximate surface area is 109 Å². The first kappa shape index (κ1) is 13.1. The van der Waals surface area contributed by atoms with E-state index in [-0.39, 0.29) is 12.1 Å². The molecular formula is C15H21NO2. The van der Waals surface area contributed by atoms with E-state index in [2.05, 4.69) is 4.90 Å². The molecule has 2 rings (SSSR count). The largest absolute Gasteiger partial charge is 0.458 e. The van der Waals surface area contributed by atoms with Crippen LogP contribution in [0.2, 0.25) is 0 Å². The molecule has 0 spiro atoms. The lowest BCUT2D eigenvalue weighted by atomic mass is 10.1. The molecule has 0 bridgehead atoms. The molecule has 0 N–H and O–H groups in total. The number of carbonyl (C=O) groups is 1. The van der Waals surface area contributed by atoms with Gasteiger partial charge in [0.25, 0.3) is 0 Å². The maximum Gasteiger partial charge on any atom is 0.338 e. The van der Waals surface area contributed by atoms with Gasteiger partial charge in [-0.3, -0.25) is 4.90 Å². The average Bonchev–Trinajstić information content (AvgIpc) is 2.82. The van der Waals surface area contributed by atoms with E-state index in [4.69, 9.17) is 4.74 Å². The van der Waals surface area contributed by atoms with Crippen LogP contribution >= 0.6 is 0 Å². The van der Waals surface area contributed by atoms with Crippen LogP contribution in [0.4, 0.5) is 0 Å². The highest BCUT2D eigenvalue weighted by molar-refractivity contribution is 5.89. The molecule has 98 valence electrons. The number of hydrogen-bond acceptors (Lipinski definition) is 3. The number of rotatable bonds is 4. The topological polar surface area (TPSA) is 29.5 Å². The van der Waals surface area contributed by atoms with Crippen molar-refractivity contribution < 1.29 is 9.53 Å². The summed E-state index contributed by atoms with van der Waals surface area (Å²) in [7, 11) is 0. The molecule has 1 aliphatic heterocycles. The van der Waals surface area contributed by atoms with Gasteiger partial charge in [-0.05, 0) is 51.9 Å². The molecule has 1 saturated heterocycles. The fourth-order valence-electron chi connectivity index (χ4n) is 2.31. The fourth-order valence-corrected chi connectivity index (χ4v) is 2.31. The molecule has 0 radical (unpaired) electrons. The van der Waals surface area contributed by atoms with Crippen LogP contribution in [0.5, 0.6) is 0 Å². The van der Waals surface area contributed by atoms with Crippen molar-refractivity contribution in [2.24, 2.45) is 0 Å². The zero-order chi connectivity index (χ0) is 13.0. The van der Waals surface area contributed by atoms with Gasteiger partial charge in [-0.2, -0.15) is 0 Å². The van der Waals surface area contributed by atoms with Gasteiger partial charge in [0.15, 0.2) is 0 Å². The van der Waals surface area contributed by atoms with E-state index >= 15 is 0 Å². The summed E-state index contributed by atoms with van der Waals surface area (Å²) in [6.07, 6.45) is 2.48. The van der Waals surface area contributed by atoms with Crippen molar-refractivity contribution >= 4 is 5.97 Å². The minimum atomic E-state index is -0.221. The third-order valence-electron chi connectivity index (χ3n) is 3.31. The summed E-state index contributed by atoms with van der Waals surface area (Å²) in [5, 5.41) is 0. The lowest BCUT2D eigenvalue weighted by molar-refractivity contribution is 0.0271. The van der Waals surface area contributed by atoms with E-state index in [1.807, 2.05) is 38.1 Å². The van der Waals surface area contributed by atoms with Crippen LogP contribution in [-0.2, 0) is 4.74 Å². The third kappa shape index (κ3) is 3.57. The molecule has 1 aliphatic rings. The minimum absolute atomic E-state index is 0.0445. The second-order valence-electron chi connectivity index (χ2n) is 5.09. The van der Waals surface area contributed by atoms with Crippen LogP contribution in [0.25, 0.3) is 0 Å². The molecule has 3 nitrogen and oxygen atoms in total. The molecule has 1 fully saturated rings. The van der Waals surface area contributed by atoms with Gasteiger partial charge in [0.2, 0.25) is 0 Å². The number of hydrogen-bond donors (Lipinski definition) is 0. The van der Waals surface area contributed by atoms with Crippen molar-refractivity contribution in [3.05, 3.63) is 35.4 Å². The summed E-state index contributed by atoms with van der Waals surface area (Å²) < 4.78 is 5.46. The lowest BCUT2D eigenvalue weighted by Gasteiger charge is -2.20. The summed E-state index contributed by atoms with van der Waals surface area (Å²) in [5.41, 5.74) is 1.78. The highest BCUT2D eigenvalue weighted by Gasteiger charge is 2.17. The molecule has 3 heteroatoms. The standard InChI is InChI=1S/C15H21NO2/c1-12-5-7-14(8-6-12)15(17)18-13(2)11-16-9-3-4-10-16/h5-8,13H,3-4,9-11H2,1-2H3/t13-/m0/s1.